The number of imidazole rings is 1. The van der Waals surface area contributed by atoms with E-state index in [2.05, 4.69) is 74.4 Å². The van der Waals surface area contributed by atoms with Crippen LogP contribution in [-0.2, 0) is 25.5 Å². The maximum Gasteiger partial charge on any atom is 0.262 e. The highest BCUT2D eigenvalue weighted by atomic mass is 16.5. The Hall–Kier alpha value is -6.72. The fourth-order valence-corrected chi connectivity index (χ4v) is 9.61. The number of benzene rings is 3. The van der Waals surface area contributed by atoms with Crippen LogP contribution in [0, 0.1) is 0 Å². The Morgan fingerprint density at radius 2 is 1.52 bits per heavy atom. The van der Waals surface area contributed by atoms with E-state index in [1.165, 1.54) is 5.69 Å². The van der Waals surface area contributed by atoms with Crippen molar-refractivity contribution in [1.82, 2.24) is 40.0 Å². The van der Waals surface area contributed by atoms with E-state index < -0.39 is 29.7 Å². The molecule has 330 valence electrons. The van der Waals surface area contributed by atoms with Crippen LogP contribution in [0.2, 0.25) is 0 Å². The molecule has 3 saturated heterocycles. The second-order valence-electron chi connectivity index (χ2n) is 17.3. The summed E-state index contributed by atoms with van der Waals surface area (Å²) >= 11 is 0. The highest BCUT2D eigenvalue weighted by Crippen LogP contribution is 2.36. The third kappa shape index (κ3) is 8.52. The lowest BCUT2D eigenvalue weighted by molar-refractivity contribution is -0.136. The molecular weight excluding hydrogens is 815 g/mol. The van der Waals surface area contributed by atoms with E-state index in [-0.39, 0.29) is 42.5 Å². The molecule has 0 radical (unpaired) electrons. The van der Waals surface area contributed by atoms with Crippen molar-refractivity contribution in [2.45, 2.75) is 69.2 Å². The number of rotatable bonds is 13. The zero-order valence-electron chi connectivity index (χ0n) is 35.5. The van der Waals surface area contributed by atoms with E-state index in [0.29, 0.717) is 29.9 Å². The van der Waals surface area contributed by atoms with E-state index >= 15 is 0 Å². The van der Waals surface area contributed by atoms with Gasteiger partial charge in [0.25, 0.3) is 11.8 Å². The molecule has 4 aliphatic heterocycles. The SMILES string of the molecule is O=C1CC[C@H](N2C(=O)c3ccc(N4CCC(OCCN5CCN(c6ccc(Nc7ncnc8c7ncn8C7CC(NC(=O)Cc8ccccc8)C7)cc6)CC5)CC4)cc3C2=O)C(=O)N1. The van der Waals surface area contributed by atoms with Crippen LogP contribution in [0.25, 0.3) is 11.2 Å². The monoisotopic (exact) mass is 865 g/mol. The van der Waals surface area contributed by atoms with Gasteiger partial charge in [-0.25, -0.2) is 15.0 Å². The number of nitrogens with one attached hydrogen (secondary N) is 3. The first-order valence-electron chi connectivity index (χ1n) is 22.3. The number of nitrogens with zero attached hydrogens (tertiary/aromatic N) is 8. The first-order valence-corrected chi connectivity index (χ1v) is 22.3. The smallest absolute Gasteiger partial charge is 0.262 e. The van der Waals surface area contributed by atoms with Gasteiger partial charge in [0.15, 0.2) is 17.0 Å². The number of anilines is 4. The minimum Gasteiger partial charge on any atom is -0.377 e. The minimum atomic E-state index is -0.975. The van der Waals surface area contributed by atoms with Crippen LogP contribution in [0.5, 0.6) is 0 Å². The van der Waals surface area contributed by atoms with Crippen LogP contribution in [0.3, 0.4) is 0 Å². The van der Waals surface area contributed by atoms with Gasteiger partial charge < -0.3 is 29.7 Å². The second kappa shape index (κ2) is 17.8. The Kier molecular flexibility index (Phi) is 11.5. The van der Waals surface area contributed by atoms with Crippen molar-refractivity contribution in [3.63, 3.8) is 0 Å². The van der Waals surface area contributed by atoms with Crippen LogP contribution in [-0.4, -0.2) is 129 Å². The first-order chi connectivity index (χ1) is 31.2. The third-order valence-electron chi connectivity index (χ3n) is 13.3. The molecule has 2 aromatic heterocycles. The predicted molar refractivity (Wildman–Crippen MR) is 238 cm³/mol. The number of hydrogen-bond acceptors (Lipinski definition) is 13. The fraction of sp³-hybridized carbons (Fsp3) is 0.404. The molecule has 5 amide bonds. The molecule has 5 aliphatic rings. The lowest BCUT2D eigenvalue weighted by Gasteiger charge is -2.37. The maximum atomic E-state index is 13.3. The summed E-state index contributed by atoms with van der Waals surface area (Å²) < 4.78 is 8.44. The van der Waals surface area contributed by atoms with E-state index in [9.17, 15) is 24.0 Å². The number of imide groups is 2. The van der Waals surface area contributed by atoms with Crippen LogP contribution in [0.4, 0.5) is 22.9 Å². The van der Waals surface area contributed by atoms with Crippen LogP contribution < -0.4 is 25.8 Å². The summed E-state index contributed by atoms with van der Waals surface area (Å²) in [6.07, 6.45) is 7.53. The molecule has 17 heteroatoms. The number of ether oxygens (including phenoxy) is 1. The number of carbonyl (C=O) groups is 5. The minimum absolute atomic E-state index is 0.0437. The molecule has 1 aliphatic carbocycles. The summed E-state index contributed by atoms with van der Waals surface area (Å²) in [6.45, 7) is 6.82. The third-order valence-corrected chi connectivity index (χ3v) is 13.3. The van der Waals surface area contributed by atoms with Crippen molar-refractivity contribution >= 4 is 63.6 Å². The largest absolute Gasteiger partial charge is 0.377 e. The summed E-state index contributed by atoms with van der Waals surface area (Å²) in [7, 11) is 0. The molecule has 0 spiro atoms. The van der Waals surface area contributed by atoms with Gasteiger partial charge in [0.05, 0.1) is 36.6 Å². The summed E-state index contributed by atoms with van der Waals surface area (Å²) in [5, 5.41) is 8.85. The molecular formula is C47H51N11O6. The van der Waals surface area contributed by atoms with Crippen molar-refractivity contribution in [2.24, 2.45) is 0 Å². The van der Waals surface area contributed by atoms with Crippen molar-refractivity contribution in [3.05, 3.63) is 102 Å². The van der Waals surface area contributed by atoms with Gasteiger partial charge in [0.1, 0.15) is 12.4 Å². The molecule has 0 unspecified atom stereocenters. The Morgan fingerprint density at radius 1 is 0.781 bits per heavy atom. The van der Waals surface area contributed by atoms with Gasteiger partial charge in [-0.1, -0.05) is 30.3 Å². The molecule has 1 atom stereocenters. The number of amides is 5. The lowest BCUT2D eigenvalue weighted by Crippen LogP contribution is -2.54. The number of carbonyl (C=O) groups excluding carboxylic acids is 5. The summed E-state index contributed by atoms with van der Waals surface area (Å²) in [5.74, 6) is -1.29. The van der Waals surface area contributed by atoms with Crippen molar-refractivity contribution in [3.8, 4) is 0 Å². The van der Waals surface area contributed by atoms with E-state index in [0.717, 1.165) is 99.0 Å². The van der Waals surface area contributed by atoms with Gasteiger partial charge in [-0.2, -0.15) is 0 Å². The number of hydrogen-bond donors (Lipinski definition) is 3. The standard InChI is InChI=1S/C47H51N11O6/c59-40-13-12-39(45(61)53-40)58-46(62)37-11-10-34(27-38(37)47(58)63)55-16-14-36(15-17-55)64-23-22-54-18-20-56(21-19-54)33-8-6-31(7-9-33)52-43-42-44(49-28-48-43)57(29-50-42)35-25-32(26-35)51-41(60)24-30-4-2-1-3-5-30/h1-11,27-29,32,35-36,39H,12-26H2,(H,51,60)(H,48,49,52)(H,53,59,61)/t32?,35?,39-/m0/s1. The highest BCUT2D eigenvalue weighted by Gasteiger charge is 2.45. The van der Waals surface area contributed by atoms with Gasteiger partial charge in [0.2, 0.25) is 17.7 Å². The molecule has 5 aromatic rings. The van der Waals surface area contributed by atoms with Crippen molar-refractivity contribution in [1.29, 1.82) is 0 Å². The average molecular weight is 866 g/mol. The topological polar surface area (TPSA) is 187 Å². The average Bonchev–Trinajstić information content (AvgIpc) is 3.83. The van der Waals surface area contributed by atoms with Gasteiger partial charge in [-0.3, -0.25) is 39.1 Å². The molecule has 1 saturated carbocycles. The van der Waals surface area contributed by atoms with Gasteiger partial charge in [-0.05, 0) is 80.1 Å². The van der Waals surface area contributed by atoms with Gasteiger partial charge in [-0.15, -0.1) is 0 Å². The molecule has 0 bridgehead atoms. The Bertz CT molecular complexity index is 2560. The van der Waals surface area contributed by atoms with Gasteiger partial charge >= 0.3 is 0 Å². The zero-order valence-corrected chi connectivity index (χ0v) is 35.5. The number of fused-ring (bicyclic) bond motifs is 2. The molecule has 4 fully saturated rings. The Morgan fingerprint density at radius 3 is 2.28 bits per heavy atom. The summed E-state index contributed by atoms with van der Waals surface area (Å²) in [6, 6.07) is 22.9. The Labute approximate surface area is 370 Å². The number of piperidine rings is 2. The van der Waals surface area contributed by atoms with Crippen molar-refractivity contribution in [2.75, 3.05) is 67.5 Å². The molecule has 64 heavy (non-hydrogen) atoms. The Balaban J connectivity index is 0.643. The van der Waals surface area contributed by atoms with Crippen LogP contribution in [0.1, 0.15) is 70.8 Å². The molecule has 3 aromatic carbocycles. The van der Waals surface area contributed by atoms with Crippen LogP contribution >= 0.6 is 0 Å². The highest BCUT2D eigenvalue weighted by molar-refractivity contribution is 6.23. The number of aromatic nitrogens is 4. The maximum absolute atomic E-state index is 13.3. The first kappa shape index (κ1) is 41.3. The lowest BCUT2D eigenvalue weighted by atomic mass is 9.86. The molecule has 10 rings (SSSR count). The molecule has 6 heterocycles. The van der Waals surface area contributed by atoms with Crippen LogP contribution in [0.15, 0.2) is 85.5 Å². The summed E-state index contributed by atoms with van der Waals surface area (Å²) in [5.41, 5.74) is 6.04. The zero-order chi connectivity index (χ0) is 43.7. The van der Waals surface area contributed by atoms with Crippen molar-refractivity contribution < 1.29 is 28.7 Å². The van der Waals surface area contributed by atoms with E-state index in [4.69, 9.17) is 4.74 Å². The fourth-order valence-electron chi connectivity index (χ4n) is 9.61. The van der Waals surface area contributed by atoms with E-state index in [1.54, 1.807) is 18.5 Å². The van der Waals surface area contributed by atoms with Gasteiger partial charge in [0, 0.05) is 81.4 Å². The predicted octanol–water partition coefficient (Wildman–Crippen LogP) is 3.84. The molecule has 17 nitrogen and oxygen atoms in total. The normalized spacial score (nSPS) is 21.8. The second-order valence-corrected chi connectivity index (χ2v) is 17.3. The number of piperazine rings is 1. The molecule has 3 N–H and O–H groups in total. The quantitative estimate of drug-likeness (QED) is 0.145. The van der Waals surface area contributed by atoms with E-state index in [1.807, 2.05) is 42.7 Å². The summed E-state index contributed by atoms with van der Waals surface area (Å²) in [4.78, 5) is 84.9.